The molecule has 1 fully saturated rings. The topological polar surface area (TPSA) is 84.9 Å². The van der Waals surface area contributed by atoms with Crippen LogP contribution in [0.1, 0.15) is 43.8 Å². The number of nitrogens with zero attached hydrogens (tertiary/aromatic N) is 1. The van der Waals surface area contributed by atoms with E-state index in [2.05, 4.69) is 5.32 Å². The average molecular weight is 486 g/mol. The van der Waals surface area contributed by atoms with Gasteiger partial charge in [0, 0.05) is 18.7 Å². The third-order valence-electron chi connectivity index (χ3n) is 6.14. The van der Waals surface area contributed by atoms with Gasteiger partial charge in [-0.3, -0.25) is 4.79 Å². The third kappa shape index (κ3) is 4.98. The first kappa shape index (κ1) is 23.3. The number of ether oxygens (including phenoxy) is 2. The second-order valence-electron chi connectivity index (χ2n) is 8.63. The molecule has 3 aromatic carbocycles. The molecule has 1 N–H and O–H groups in total. The van der Waals surface area contributed by atoms with Gasteiger partial charge < -0.3 is 19.7 Å². The summed E-state index contributed by atoms with van der Waals surface area (Å²) >= 11 is 0. The molecular formula is C28H23FN2O5. The van der Waals surface area contributed by atoms with Gasteiger partial charge in [0.1, 0.15) is 18.2 Å². The number of hydrogen-bond donors (Lipinski definition) is 1. The van der Waals surface area contributed by atoms with E-state index in [4.69, 9.17) is 9.47 Å². The van der Waals surface area contributed by atoms with Crippen LogP contribution in [0.15, 0.2) is 72.8 Å². The van der Waals surface area contributed by atoms with Crippen LogP contribution in [0.3, 0.4) is 0 Å². The van der Waals surface area contributed by atoms with E-state index >= 15 is 0 Å². The van der Waals surface area contributed by atoms with Crippen molar-refractivity contribution in [3.05, 3.63) is 106 Å². The van der Waals surface area contributed by atoms with Gasteiger partial charge >= 0.3 is 12.1 Å². The molecule has 0 aromatic heterocycles. The molecule has 0 bridgehead atoms. The zero-order chi connectivity index (χ0) is 25.1. The fourth-order valence-electron chi connectivity index (χ4n) is 4.31. The molecule has 1 atom stereocenters. The number of likely N-dealkylation sites (tertiary alicyclic amines) is 1. The Morgan fingerprint density at radius 1 is 1.06 bits per heavy atom. The number of esters is 1. The van der Waals surface area contributed by atoms with Crippen molar-refractivity contribution >= 4 is 29.8 Å². The zero-order valence-electron chi connectivity index (χ0n) is 19.3. The van der Waals surface area contributed by atoms with Crippen LogP contribution in [0.5, 0.6) is 0 Å². The summed E-state index contributed by atoms with van der Waals surface area (Å²) in [5, 5.41) is 2.77. The van der Waals surface area contributed by atoms with Gasteiger partial charge in [-0.2, -0.15) is 0 Å². The van der Waals surface area contributed by atoms with Crippen molar-refractivity contribution in [2.45, 2.75) is 19.1 Å². The van der Waals surface area contributed by atoms with E-state index in [-0.39, 0.29) is 24.8 Å². The van der Waals surface area contributed by atoms with Crippen molar-refractivity contribution in [2.75, 3.05) is 13.1 Å². The minimum atomic E-state index is -0.648. The van der Waals surface area contributed by atoms with Gasteiger partial charge in [0.15, 0.2) is 0 Å². The molecule has 2 aliphatic heterocycles. The Kier molecular flexibility index (Phi) is 6.49. The molecule has 2 heterocycles. The predicted molar refractivity (Wildman–Crippen MR) is 130 cm³/mol. The lowest BCUT2D eigenvalue weighted by Gasteiger charge is -2.18. The van der Waals surface area contributed by atoms with Gasteiger partial charge in [-0.05, 0) is 41.8 Å². The molecule has 0 radical (unpaired) electrons. The molecule has 0 aliphatic carbocycles. The number of benzene rings is 3. The maximum absolute atomic E-state index is 14.6. The van der Waals surface area contributed by atoms with Gasteiger partial charge in [0.2, 0.25) is 0 Å². The predicted octanol–water partition coefficient (Wildman–Crippen LogP) is 4.64. The highest BCUT2D eigenvalue weighted by Gasteiger charge is 2.30. The van der Waals surface area contributed by atoms with Crippen molar-refractivity contribution in [1.29, 1.82) is 0 Å². The molecule has 2 aliphatic rings. The minimum absolute atomic E-state index is 0.0886. The van der Waals surface area contributed by atoms with Gasteiger partial charge in [-0.1, -0.05) is 54.6 Å². The molecule has 0 unspecified atom stereocenters. The monoisotopic (exact) mass is 486 g/mol. The Bertz CT molecular complexity index is 1360. The van der Waals surface area contributed by atoms with Crippen LogP contribution in [0.25, 0.3) is 11.8 Å². The molecule has 1 saturated heterocycles. The van der Waals surface area contributed by atoms with Crippen LogP contribution in [0.4, 0.5) is 9.18 Å². The van der Waals surface area contributed by atoms with Gasteiger partial charge in [0.05, 0.1) is 17.2 Å². The van der Waals surface area contributed by atoms with Crippen LogP contribution < -0.4 is 5.32 Å². The summed E-state index contributed by atoms with van der Waals surface area (Å²) in [6, 6.07) is 20.2. The number of fused-ring (bicyclic) bond motifs is 1. The number of alkyl carbamates (subject to hydrolysis) is 1. The highest BCUT2D eigenvalue weighted by Crippen LogP contribution is 2.31. The molecular weight excluding hydrogens is 463 g/mol. The van der Waals surface area contributed by atoms with E-state index in [1.807, 2.05) is 30.3 Å². The summed E-state index contributed by atoms with van der Waals surface area (Å²) < 4.78 is 25.2. The van der Waals surface area contributed by atoms with E-state index in [9.17, 15) is 18.8 Å². The Morgan fingerprint density at radius 2 is 1.81 bits per heavy atom. The van der Waals surface area contributed by atoms with E-state index in [1.54, 1.807) is 30.3 Å². The number of carbonyl (C=O) groups excluding carboxylic acids is 3. The third-order valence-corrected chi connectivity index (χ3v) is 6.14. The first-order valence-electron chi connectivity index (χ1n) is 11.6. The molecule has 8 heteroatoms. The molecule has 36 heavy (non-hydrogen) atoms. The van der Waals surface area contributed by atoms with Crippen molar-refractivity contribution in [3.63, 3.8) is 0 Å². The van der Waals surface area contributed by atoms with E-state index in [0.29, 0.717) is 35.4 Å². The van der Waals surface area contributed by atoms with E-state index in [1.165, 1.54) is 23.1 Å². The smallest absolute Gasteiger partial charge is 0.407 e. The molecule has 0 saturated carbocycles. The first-order valence-corrected chi connectivity index (χ1v) is 11.6. The molecule has 2 amide bonds. The fourth-order valence-corrected chi connectivity index (χ4v) is 4.31. The molecule has 5 rings (SSSR count). The van der Waals surface area contributed by atoms with Crippen molar-refractivity contribution in [1.82, 2.24) is 10.2 Å². The Labute approximate surface area is 207 Å². The minimum Gasteiger partial charge on any atom is -0.445 e. The van der Waals surface area contributed by atoms with E-state index < -0.39 is 23.8 Å². The highest BCUT2D eigenvalue weighted by atomic mass is 19.1. The van der Waals surface area contributed by atoms with Crippen molar-refractivity contribution in [2.24, 2.45) is 0 Å². The summed E-state index contributed by atoms with van der Waals surface area (Å²) in [5.74, 6) is -1.23. The van der Waals surface area contributed by atoms with Crippen LogP contribution in [-0.2, 0) is 16.1 Å². The quantitative estimate of drug-likeness (QED) is 0.532. The lowest BCUT2D eigenvalue weighted by molar-refractivity contribution is 0.0716. The summed E-state index contributed by atoms with van der Waals surface area (Å²) in [6.07, 6.45) is 1.57. The largest absolute Gasteiger partial charge is 0.445 e. The Balaban J connectivity index is 1.23. The second kappa shape index (κ2) is 10.0. The molecule has 182 valence electrons. The highest BCUT2D eigenvalue weighted by molar-refractivity contribution is 6.05. The number of halogens is 1. The van der Waals surface area contributed by atoms with Crippen LogP contribution in [-0.4, -0.2) is 42.0 Å². The summed E-state index contributed by atoms with van der Waals surface area (Å²) in [4.78, 5) is 38.8. The van der Waals surface area contributed by atoms with Crippen molar-refractivity contribution < 1.29 is 28.2 Å². The second-order valence-corrected chi connectivity index (χ2v) is 8.63. The fraction of sp³-hybridized carbons (Fsp3) is 0.179. The Morgan fingerprint density at radius 3 is 2.61 bits per heavy atom. The standard InChI is InChI=1S/C28H23FN2O5/c29-24-11-10-19(15-25-21-8-4-5-9-22(21)27(33)36-25)14-23(24)26(32)31-13-12-20(16-31)30-28(34)35-17-18-6-2-1-3-7-18/h1-11,14-15,20H,12-13,16-17H2,(H,30,34)/t20-/m0/s1. The average Bonchev–Trinajstić information content (AvgIpc) is 3.48. The molecule has 3 aromatic rings. The Hall–Kier alpha value is -4.46. The molecule has 7 nitrogen and oxygen atoms in total. The van der Waals surface area contributed by atoms with Gasteiger partial charge in [-0.25, -0.2) is 14.0 Å². The first-order chi connectivity index (χ1) is 17.5. The van der Waals surface area contributed by atoms with Crippen LogP contribution in [0, 0.1) is 5.82 Å². The van der Waals surface area contributed by atoms with Crippen LogP contribution in [0.2, 0.25) is 0 Å². The SMILES string of the molecule is O=C(N[C@H]1CCN(C(=O)c2cc(C=C3OC(=O)c4ccccc43)ccc2F)C1)OCc1ccccc1. The van der Waals surface area contributed by atoms with E-state index in [0.717, 1.165) is 5.56 Å². The number of hydrogen-bond acceptors (Lipinski definition) is 5. The number of rotatable bonds is 5. The molecule has 0 spiro atoms. The summed E-state index contributed by atoms with van der Waals surface area (Å²) in [6.45, 7) is 0.766. The maximum atomic E-state index is 14.6. The lowest BCUT2D eigenvalue weighted by atomic mass is 10.0. The van der Waals surface area contributed by atoms with Crippen LogP contribution >= 0.6 is 0 Å². The van der Waals surface area contributed by atoms with Gasteiger partial charge in [-0.15, -0.1) is 0 Å². The number of nitrogens with one attached hydrogen (secondary N) is 1. The van der Waals surface area contributed by atoms with Crippen molar-refractivity contribution in [3.8, 4) is 0 Å². The number of cyclic esters (lactones) is 1. The normalized spacial score (nSPS) is 17.6. The summed E-state index contributed by atoms with van der Waals surface area (Å²) in [5.41, 5.74) is 2.41. The number of carbonyl (C=O) groups is 3. The zero-order valence-corrected chi connectivity index (χ0v) is 19.3. The maximum Gasteiger partial charge on any atom is 0.407 e. The lowest BCUT2D eigenvalue weighted by Crippen LogP contribution is -2.38. The summed E-state index contributed by atoms with van der Waals surface area (Å²) in [7, 11) is 0. The number of amides is 2. The van der Waals surface area contributed by atoms with Gasteiger partial charge in [0.25, 0.3) is 5.91 Å².